The fourth-order valence-electron chi connectivity index (χ4n) is 2.28. The minimum Gasteiger partial charge on any atom is -0.383 e. The van der Waals surface area contributed by atoms with E-state index in [2.05, 4.69) is 34.1 Å². The Morgan fingerprint density at radius 3 is 2.50 bits per heavy atom. The van der Waals surface area contributed by atoms with Crippen LogP contribution in [0.2, 0.25) is 0 Å². The van der Waals surface area contributed by atoms with Gasteiger partial charge in [-0.1, -0.05) is 24.3 Å². The van der Waals surface area contributed by atoms with E-state index in [1.54, 1.807) is 17.1 Å². The number of nitrogens with zero attached hydrogens (tertiary/aromatic N) is 4. The van der Waals surface area contributed by atoms with Crippen LogP contribution in [0.15, 0.2) is 43.0 Å². The molecule has 20 heavy (non-hydrogen) atoms. The number of rotatable bonds is 2. The number of nitrogen functional groups attached to an aromatic ring is 1. The van der Waals surface area contributed by atoms with E-state index < -0.39 is 0 Å². The Morgan fingerprint density at radius 1 is 1.10 bits per heavy atom. The number of nitrogens with two attached hydrogens (primary N) is 1. The van der Waals surface area contributed by atoms with Crippen molar-refractivity contribution < 1.29 is 0 Å². The SMILES string of the molecule is Cc1ccccc1-c1c(-c2cncnc2)nn(C)c1N. The van der Waals surface area contributed by atoms with Gasteiger partial charge in [0.15, 0.2) is 0 Å². The highest BCUT2D eigenvalue weighted by atomic mass is 15.3. The number of aryl methyl sites for hydroxylation is 2. The highest BCUT2D eigenvalue weighted by molar-refractivity contribution is 5.88. The van der Waals surface area contributed by atoms with Crippen molar-refractivity contribution in [3.63, 3.8) is 0 Å². The third-order valence-corrected chi connectivity index (χ3v) is 3.34. The zero-order valence-electron chi connectivity index (χ0n) is 11.4. The number of aromatic nitrogens is 4. The molecule has 100 valence electrons. The van der Waals surface area contributed by atoms with E-state index in [4.69, 9.17) is 5.73 Å². The number of hydrogen-bond acceptors (Lipinski definition) is 4. The fourth-order valence-corrected chi connectivity index (χ4v) is 2.28. The molecule has 0 aliphatic carbocycles. The minimum absolute atomic E-state index is 0.637. The molecule has 2 N–H and O–H groups in total. The van der Waals surface area contributed by atoms with E-state index in [9.17, 15) is 0 Å². The second-order valence-corrected chi connectivity index (χ2v) is 4.67. The summed E-state index contributed by atoms with van der Waals surface area (Å²) in [5.41, 5.74) is 11.0. The van der Waals surface area contributed by atoms with Gasteiger partial charge in [0.2, 0.25) is 0 Å². The fraction of sp³-hybridized carbons (Fsp3) is 0.133. The minimum atomic E-state index is 0.637. The molecule has 0 atom stereocenters. The summed E-state index contributed by atoms with van der Waals surface area (Å²) in [6, 6.07) is 8.12. The Bertz CT molecular complexity index is 746. The summed E-state index contributed by atoms with van der Waals surface area (Å²) < 4.78 is 1.68. The molecular formula is C15H15N5. The van der Waals surface area contributed by atoms with Gasteiger partial charge in [-0.2, -0.15) is 5.10 Å². The van der Waals surface area contributed by atoms with Gasteiger partial charge in [-0.25, -0.2) is 9.97 Å². The van der Waals surface area contributed by atoms with Crippen molar-refractivity contribution in [2.45, 2.75) is 6.92 Å². The lowest BCUT2D eigenvalue weighted by atomic mass is 9.98. The first-order chi connectivity index (χ1) is 9.68. The van der Waals surface area contributed by atoms with Gasteiger partial charge in [-0.15, -0.1) is 0 Å². The smallest absolute Gasteiger partial charge is 0.129 e. The third-order valence-electron chi connectivity index (χ3n) is 3.34. The van der Waals surface area contributed by atoms with Crippen molar-refractivity contribution in [2.75, 3.05) is 5.73 Å². The standard InChI is InChI=1S/C15H15N5/c1-10-5-3-4-6-12(10)13-14(19-20(2)15(13)16)11-7-17-9-18-8-11/h3-9H,16H2,1-2H3. The zero-order valence-corrected chi connectivity index (χ0v) is 11.4. The van der Waals surface area contributed by atoms with Gasteiger partial charge in [-0.05, 0) is 18.1 Å². The van der Waals surface area contributed by atoms with Gasteiger partial charge < -0.3 is 5.73 Å². The molecule has 2 aromatic heterocycles. The maximum atomic E-state index is 6.20. The maximum Gasteiger partial charge on any atom is 0.129 e. The van der Waals surface area contributed by atoms with Crippen molar-refractivity contribution in [1.82, 2.24) is 19.7 Å². The van der Waals surface area contributed by atoms with Crippen LogP contribution in [0.1, 0.15) is 5.56 Å². The van der Waals surface area contributed by atoms with Crippen LogP contribution in [-0.2, 0) is 7.05 Å². The second-order valence-electron chi connectivity index (χ2n) is 4.67. The summed E-state index contributed by atoms with van der Waals surface area (Å²) in [7, 11) is 1.84. The van der Waals surface area contributed by atoms with Crippen LogP contribution in [0.3, 0.4) is 0 Å². The first-order valence-corrected chi connectivity index (χ1v) is 6.32. The van der Waals surface area contributed by atoms with Crippen LogP contribution < -0.4 is 5.73 Å². The van der Waals surface area contributed by atoms with E-state index in [1.807, 2.05) is 19.2 Å². The number of anilines is 1. The van der Waals surface area contributed by atoms with Crippen molar-refractivity contribution in [3.05, 3.63) is 48.5 Å². The van der Waals surface area contributed by atoms with E-state index >= 15 is 0 Å². The molecule has 0 amide bonds. The summed E-state index contributed by atoms with van der Waals surface area (Å²) in [6.07, 6.45) is 5.00. The second kappa shape index (κ2) is 4.77. The largest absolute Gasteiger partial charge is 0.383 e. The molecule has 2 heterocycles. The van der Waals surface area contributed by atoms with Gasteiger partial charge in [0.05, 0.1) is 5.56 Å². The molecule has 0 spiro atoms. The number of benzene rings is 1. The molecule has 3 aromatic rings. The zero-order chi connectivity index (χ0) is 14.1. The van der Waals surface area contributed by atoms with Crippen molar-refractivity contribution in [2.24, 2.45) is 7.05 Å². The van der Waals surface area contributed by atoms with E-state index in [0.717, 1.165) is 27.9 Å². The van der Waals surface area contributed by atoms with E-state index in [0.29, 0.717) is 5.82 Å². The number of hydrogen-bond donors (Lipinski definition) is 1. The predicted octanol–water partition coefficient (Wildman–Crippen LogP) is 2.43. The lowest BCUT2D eigenvalue weighted by molar-refractivity contribution is 0.782. The molecule has 0 bridgehead atoms. The first kappa shape index (κ1) is 12.3. The van der Waals surface area contributed by atoms with Gasteiger partial charge >= 0.3 is 0 Å². The molecular weight excluding hydrogens is 250 g/mol. The topological polar surface area (TPSA) is 69.6 Å². The highest BCUT2D eigenvalue weighted by Gasteiger charge is 2.18. The first-order valence-electron chi connectivity index (χ1n) is 6.32. The Morgan fingerprint density at radius 2 is 1.80 bits per heavy atom. The molecule has 0 saturated carbocycles. The monoisotopic (exact) mass is 265 g/mol. The van der Waals surface area contributed by atoms with Crippen LogP contribution in [0.25, 0.3) is 22.4 Å². The molecule has 0 saturated heterocycles. The van der Waals surface area contributed by atoms with Crippen LogP contribution in [0.4, 0.5) is 5.82 Å². The quantitative estimate of drug-likeness (QED) is 0.772. The summed E-state index contributed by atoms with van der Waals surface area (Å²) in [5, 5.41) is 4.51. The average Bonchev–Trinajstić information content (AvgIpc) is 2.77. The van der Waals surface area contributed by atoms with Crippen molar-refractivity contribution in [1.29, 1.82) is 0 Å². The molecule has 0 unspecified atom stereocenters. The lowest BCUT2D eigenvalue weighted by Crippen LogP contribution is -1.98. The molecule has 0 fully saturated rings. The normalized spacial score (nSPS) is 10.7. The Hall–Kier alpha value is -2.69. The molecule has 0 aliphatic heterocycles. The lowest BCUT2D eigenvalue weighted by Gasteiger charge is -2.07. The predicted molar refractivity (Wildman–Crippen MR) is 78.8 cm³/mol. The molecule has 0 aliphatic rings. The van der Waals surface area contributed by atoms with Gasteiger partial charge in [0.25, 0.3) is 0 Å². The van der Waals surface area contributed by atoms with Crippen LogP contribution in [-0.4, -0.2) is 19.7 Å². The molecule has 5 heteroatoms. The van der Waals surface area contributed by atoms with Crippen LogP contribution >= 0.6 is 0 Å². The third kappa shape index (κ3) is 1.93. The molecule has 3 rings (SSSR count). The summed E-state index contributed by atoms with van der Waals surface area (Å²) in [5.74, 6) is 0.637. The van der Waals surface area contributed by atoms with Crippen molar-refractivity contribution in [3.8, 4) is 22.4 Å². The summed E-state index contributed by atoms with van der Waals surface area (Å²) in [6.45, 7) is 2.06. The Kier molecular flexibility index (Phi) is 2.95. The van der Waals surface area contributed by atoms with Crippen LogP contribution in [0, 0.1) is 6.92 Å². The van der Waals surface area contributed by atoms with Gasteiger partial charge in [-0.3, -0.25) is 4.68 Å². The Labute approximate surface area is 117 Å². The maximum absolute atomic E-state index is 6.20. The summed E-state index contributed by atoms with van der Waals surface area (Å²) >= 11 is 0. The van der Waals surface area contributed by atoms with Gasteiger partial charge in [0, 0.05) is 25.0 Å². The highest BCUT2D eigenvalue weighted by Crippen LogP contribution is 2.36. The van der Waals surface area contributed by atoms with Gasteiger partial charge in [0.1, 0.15) is 17.8 Å². The Balaban J connectivity index is 2.29. The van der Waals surface area contributed by atoms with Crippen LogP contribution in [0.5, 0.6) is 0 Å². The molecule has 5 nitrogen and oxygen atoms in total. The summed E-state index contributed by atoms with van der Waals surface area (Å²) in [4.78, 5) is 8.11. The van der Waals surface area contributed by atoms with Crippen molar-refractivity contribution >= 4 is 5.82 Å². The molecule has 1 aromatic carbocycles. The van der Waals surface area contributed by atoms with E-state index in [1.165, 1.54) is 6.33 Å². The molecule has 0 radical (unpaired) electrons. The average molecular weight is 265 g/mol. The van der Waals surface area contributed by atoms with E-state index in [-0.39, 0.29) is 0 Å².